The summed E-state index contributed by atoms with van der Waals surface area (Å²) in [5.74, 6) is 1.02. The number of carbonyl (C=O) groups is 1. The van der Waals surface area contributed by atoms with Crippen molar-refractivity contribution in [3.63, 3.8) is 0 Å². The van der Waals surface area contributed by atoms with Crippen LogP contribution in [0.3, 0.4) is 0 Å². The van der Waals surface area contributed by atoms with E-state index in [-0.39, 0.29) is 11.9 Å². The average Bonchev–Trinajstić information content (AvgIpc) is 2.77. The predicted octanol–water partition coefficient (Wildman–Crippen LogP) is 3.14. The van der Waals surface area contributed by atoms with Gasteiger partial charge in [-0.15, -0.1) is 0 Å². The highest BCUT2D eigenvalue weighted by atomic mass is 35.5. The van der Waals surface area contributed by atoms with Gasteiger partial charge in [0, 0.05) is 11.3 Å². The molecule has 1 N–H and O–H groups in total. The van der Waals surface area contributed by atoms with E-state index >= 15 is 0 Å². The van der Waals surface area contributed by atoms with Crippen LogP contribution in [-0.2, 0) is 0 Å². The van der Waals surface area contributed by atoms with E-state index in [0.29, 0.717) is 16.1 Å². The molecular weight excluding hydrogens is 268 g/mol. The Hall–Kier alpha value is -0.740. The van der Waals surface area contributed by atoms with Gasteiger partial charge in [-0.3, -0.25) is 4.79 Å². The van der Waals surface area contributed by atoms with E-state index in [1.807, 2.05) is 11.8 Å². The predicted molar refractivity (Wildman–Crippen MR) is 76.3 cm³/mol. The van der Waals surface area contributed by atoms with Crippen LogP contribution in [-0.4, -0.2) is 27.9 Å². The summed E-state index contributed by atoms with van der Waals surface area (Å²) in [5, 5.41) is 4.08. The summed E-state index contributed by atoms with van der Waals surface area (Å²) in [7, 11) is 0. The lowest BCUT2D eigenvalue weighted by Crippen LogP contribution is -2.33. The fourth-order valence-corrected chi connectivity index (χ4v) is 3.56. The number of halogens is 1. The zero-order valence-electron chi connectivity index (χ0n) is 10.4. The second-order valence-electron chi connectivity index (χ2n) is 4.41. The molecule has 0 spiro atoms. The minimum atomic E-state index is -0.121. The number of thioether (sulfide) groups is 1. The minimum Gasteiger partial charge on any atom is -0.348 e. The van der Waals surface area contributed by atoms with E-state index in [9.17, 15) is 4.79 Å². The molecule has 1 aliphatic rings. The van der Waals surface area contributed by atoms with Crippen LogP contribution in [0, 0.1) is 0 Å². The van der Waals surface area contributed by atoms with Gasteiger partial charge in [0.1, 0.15) is 10.8 Å². The second kappa shape index (κ2) is 6.43. The number of hydrogen-bond donors (Lipinski definition) is 1. The monoisotopic (exact) mass is 284 g/mol. The molecule has 3 nitrogen and oxygen atoms in total. The molecule has 2 unspecified atom stereocenters. The van der Waals surface area contributed by atoms with Crippen LogP contribution in [0.5, 0.6) is 0 Å². The molecule has 2 rings (SSSR count). The largest absolute Gasteiger partial charge is 0.348 e. The number of aromatic nitrogens is 1. The highest BCUT2D eigenvalue weighted by Gasteiger charge is 2.26. The van der Waals surface area contributed by atoms with Gasteiger partial charge in [-0.05, 0) is 37.1 Å². The number of amides is 1. The average molecular weight is 285 g/mol. The van der Waals surface area contributed by atoms with Crippen LogP contribution in [0.2, 0.25) is 5.15 Å². The minimum absolute atomic E-state index is 0.121. The number of carbonyl (C=O) groups excluding carboxylic acids is 1. The van der Waals surface area contributed by atoms with Gasteiger partial charge in [0.05, 0.1) is 0 Å². The third-order valence-corrected chi connectivity index (χ3v) is 4.51. The highest BCUT2D eigenvalue weighted by molar-refractivity contribution is 7.99. The Balaban J connectivity index is 1.89. The standard InChI is InChI=1S/C13H17ClN2OS/c1-2-18-10-7-6-9(8-10)15-13(17)11-4-3-5-12(14)16-11/h3-5,9-10H,2,6-8H2,1H3,(H,15,17). The Morgan fingerprint density at radius 2 is 2.39 bits per heavy atom. The molecule has 1 aliphatic carbocycles. The molecule has 98 valence electrons. The van der Waals surface area contributed by atoms with Gasteiger partial charge in [-0.1, -0.05) is 24.6 Å². The van der Waals surface area contributed by atoms with Crippen molar-refractivity contribution in [1.29, 1.82) is 0 Å². The van der Waals surface area contributed by atoms with Gasteiger partial charge < -0.3 is 5.32 Å². The molecule has 0 bridgehead atoms. The Bertz CT molecular complexity index is 427. The lowest BCUT2D eigenvalue weighted by molar-refractivity contribution is 0.0933. The summed E-state index contributed by atoms with van der Waals surface area (Å²) in [4.78, 5) is 16.0. The summed E-state index contributed by atoms with van der Waals surface area (Å²) in [6, 6.07) is 5.38. The fourth-order valence-electron chi connectivity index (χ4n) is 2.25. The van der Waals surface area contributed by atoms with Gasteiger partial charge in [0.15, 0.2) is 0 Å². The van der Waals surface area contributed by atoms with E-state index in [2.05, 4.69) is 17.2 Å². The lowest BCUT2D eigenvalue weighted by atomic mass is 10.2. The molecule has 0 radical (unpaired) electrons. The van der Waals surface area contributed by atoms with Crippen LogP contribution < -0.4 is 5.32 Å². The number of pyridine rings is 1. The molecule has 0 aromatic carbocycles. The third kappa shape index (κ3) is 3.62. The van der Waals surface area contributed by atoms with Crippen molar-refractivity contribution < 1.29 is 4.79 Å². The fraction of sp³-hybridized carbons (Fsp3) is 0.538. The van der Waals surface area contributed by atoms with Crippen molar-refractivity contribution in [1.82, 2.24) is 10.3 Å². The summed E-state index contributed by atoms with van der Waals surface area (Å²) < 4.78 is 0. The van der Waals surface area contributed by atoms with Crippen molar-refractivity contribution in [3.05, 3.63) is 29.0 Å². The number of hydrogen-bond acceptors (Lipinski definition) is 3. The zero-order valence-corrected chi connectivity index (χ0v) is 11.9. The summed E-state index contributed by atoms with van der Waals surface area (Å²) in [6.45, 7) is 2.17. The van der Waals surface area contributed by atoms with Crippen molar-refractivity contribution in [3.8, 4) is 0 Å². The quantitative estimate of drug-likeness (QED) is 0.864. The van der Waals surface area contributed by atoms with Gasteiger partial charge in [0.25, 0.3) is 5.91 Å². The molecule has 1 amide bonds. The first kappa shape index (κ1) is 13.7. The molecular formula is C13H17ClN2OS. The van der Waals surface area contributed by atoms with Crippen molar-refractivity contribution in [2.45, 2.75) is 37.5 Å². The normalized spacial score (nSPS) is 23.0. The smallest absolute Gasteiger partial charge is 0.270 e. The molecule has 0 aliphatic heterocycles. The number of rotatable bonds is 4. The van der Waals surface area contributed by atoms with Gasteiger partial charge in [-0.2, -0.15) is 11.8 Å². The molecule has 1 saturated carbocycles. The summed E-state index contributed by atoms with van der Waals surface area (Å²) >= 11 is 7.76. The first-order chi connectivity index (χ1) is 8.69. The molecule has 1 aromatic heterocycles. The van der Waals surface area contributed by atoms with Gasteiger partial charge >= 0.3 is 0 Å². The van der Waals surface area contributed by atoms with Crippen LogP contribution in [0.1, 0.15) is 36.7 Å². The van der Waals surface area contributed by atoms with Gasteiger partial charge in [0.2, 0.25) is 0 Å². The van der Waals surface area contributed by atoms with E-state index in [0.717, 1.165) is 18.6 Å². The SMILES string of the molecule is CCSC1CCC(NC(=O)c2cccc(Cl)n2)C1. The van der Waals surface area contributed by atoms with Crippen LogP contribution in [0.15, 0.2) is 18.2 Å². The lowest BCUT2D eigenvalue weighted by Gasteiger charge is -2.12. The Morgan fingerprint density at radius 1 is 1.56 bits per heavy atom. The van der Waals surface area contributed by atoms with Crippen LogP contribution in [0.4, 0.5) is 0 Å². The maximum Gasteiger partial charge on any atom is 0.270 e. The maximum atomic E-state index is 12.0. The maximum absolute atomic E-state index is 12.0. The third-order valence-electron chi connectivity index (χ3n) is 3.07. The van der Waals surface area contributed by atoms with Crippen LogP contribution >= 0.6 is 23.4 Å². The van der Waals surface area contributed by atoms with Crippen molar-refractivity contribution in [2.24, 2.45) is 0 Å². The van der Waals surface area contributed by atoms with E-state index in [1.54, 1.807) is 18.2 Å². The molecule has 1 aromatic rings. The zero-order chi connectivity index (χ0) is 13.0. The number of nitrogens with zero attached hydrogens (tertiary/aromatic N) is 1. The second-order valence-corrected chi connectivity index (χ2v) is 6.37. The van der Waals surface area contributed by atoms with E-state index in [4.69, 9.17) is 11.6 Å². The molecule has 5 heteroatoms. The molecule has 0 saturated heterocycles. The summed E-state index contributed by atoms with van der Waals surface area (Å²) in [6.07, 6.45) is 3.31. The van der Waals surface area contributed by atoms with Crippen molar-refractivity contribution >= 4 is 29.3 Å². The molecule has 1 heterocycles. The van der Waals surface area contributed by atoms with Crippen molar-refractivity contribution in [2.75, 3.05) is 5.75 Å². The van der Waals surface area contributed by atoms with E-state index in [1.165, 1.54) is 6.42 Å². The molecule has 18 heavy (non-hydrogen) atoms. The first-order valence-electron chi connectivity index (χ1n) is 6.24. The number of nitrogens with one attached hydrogen (secondary N) is 1. The Labute approximate surface area is 117 Å². The first-order valence-corrected chi connectivity index (χ1v) is 7.66. The topological polar surface area (TPSA) is 42.0 Å². The molecule has 1 fully saturated rings. The Morgan fingerprint density at radius 3 is 3.11 bits per heavy atom. The van der Waals surface area contributed by atoms with Gasteiger partial charge in [-0.25, -0.2) is 4.98 Å². The Kier molecular flexibility index (Phi) is 4.89. The molecule has 2 atom stereocenters. The van der Waals surface area contributed by atoms with E-state index < -0.39 is 0 Å². The summed E-state index contributed by atoms with van der Waals surface area (Å²) in [5.41, 5.74) is 0.397. The van der Waals surface area contributed by atoms with Crippen LogP contribution in [0.25, 0.3) is 0 Å². The highest BCUT2D eigenvalue weighted by Crippen LogP contribution is 2.29.